The van der Waals surface area contributed by atoms with Crippen LogP contribution >= 0.6 is 0 Å². The number of nitriles is 1. The molecule has 0 spiro atoms. The standard InChI is InChI=1S/C11H8N4/c1-8-6-10(15-11(7-12)14-8)9-4-2-3-5-13-9/h2-6H,1H3. The van der Waals surface area contributed by atoms with E-state index in [1.54, 1.807) is 6.20 Å². The van der Waals surface area contributed by atoms with E-state index in [0.717, 1.165) is 11.4 Å². The van der Waals surface area contributed by atoms with Gasteiger partial charge in [-0.3, -0.25) is 4.98 Å². The Hall–Kier alpha value is -2.28. The maximum atomic E-state index is 8.74. The summed E-state index contributed by atoms with van der Waals surface area (Å²) in [6.45, 7) is 1.83. The fourth-order valence-corrected chi connectivity index (χ4v) is 1.26. The maximum absolute atomic E-state index is 8.74. The average molecular weight is 196 g/mol. The van der Waals surface area contributed by atoms with Gasteiger partial charge in [-0.05, 0) is 25.1 Å². The molecule has 0 N–H and O–H groups in total. The summed E-state index contributed by atoms with van der Waals surface area (Å²) in [7, 11) is 0. The monoisotopic (exact) mass is 196 g/mol. The van der Waals surface area contributed by atoms with Crippen LogP contribution in [0.2, 0.25) is 0 Å². The zero-order chi connectivity index (χ0) is 10.7. The molecule has 72 valence electrons. The highest BCUT2D eigenvalue weighted by Crippen LogP contribution is 2.13. The van der Waals surface area contributed by atoms with E-state index in [4.69, 9.17) is 5.26 Å². The second kappa shape index (κ2) is 3.84. The smallest absolute Gasteiger partial charge is 0.233 e. The Morgan fingerprint density at radius 3 is 2.73 bits per heavy atom. The van der Waals surface area contributed by atoms with Crippen molar-refractivity contribution < 1.29 is 0 Å². The highest BCUT2D eigenvalue weighted by Gasteiger charge is 2.04. The van der Waals surface area contributed by atoms with Gasteiger partial charge in [0.25, 0.3) is 0 Å². The number of aryl methyl sites for hydroxylation is 1. The molecule has 0 unspecified atom stereocenters. The van der Waals surface area contributed by atoms with Gasteiger partial charge in [0.1, 0.15) is 6.07 Å². The van der Waals surface area contributed by atoms with Crippen molar-refractivity contribution in [3.63, 3.8) is 0 Å². The maximum Gasteiger partial charge on any atom is 0.233 e. The molecule has 0 amide bonds. The normalized spacial score (nSPS) is 9.60. The molecule has 2 aromatic rings. The summed E-state index contributed by atoms with van der Waals surface area (Å²) in [6.07, 6.45) is 1.69. The lowest BCUT2D eigenvalue weighted by atomic mass is 10.2. The zero-order valence-electron chi connectivity index (χ0n) is 8.18. The number of pyridine rings is 1. The lowest BCUT2D eigenvalue weighted by molar-refractivity contribution is 1.06. The van der Waals surface area contributed by atoms with Gasteiger partial charge in [0.05, 0.1) is 11.4 Å². The predicted molar refractivity (Wildman–Crippen MR) is 54.7 cm³/mol. The molecule has 2 aromatic heterocycles. The number of nitrogens with zero attached hydrogens (tertiary/aromatic N) is 4. The van der Waals surface area contributed by atoms with E-state index >= 15 is 0 Å². The predicted octanol–water partition coefficient (Wildman–Crippen LogP) is 1.72. The van der Waals surface area contributed by atoms with Gasteiger partial charge in [0, 0.05) is 11.9 Å². The van der Waals surface area contributed by atoms with Crippen LogP contribution in [0.15, 0.2) is 30.5 Å². The molecule has 0 bridgehead atoms. The minimum Gasteiger partial charge on any atom is -0.255 e. The molecular formula is C11H8N4. The summed E-state index contributed by atoms with van der Waals surface area (Å²) in [4.78, 5) is 12.2. The molecule has 2 heterocycles. The Balaban J connectivity index is 2.55. The summed E-state index contributed by atoms with van der Waals surface area (Å²) in [5.74, 6) is 0.177. The molecule has 0 aromatic carbocycles. The quantitative estimate of drug-likeness (QED) is 0.696. The largest absolute Gasteiger partial charge is 0.255 e. The van der Waals surface area contributed by atoms with Crippen molar-refractivity contribution in [2.75, 3.05) is 0 Å². The van der Waals surface area contributed by atoms with Gasteiger partial charge in [-0.15, -0.1) is 0 Å². The molecule has 0 saturated heterocycles. The van der Waals surface area contributed by atoms with Gasteiger partial charge in [-0.1, -0.05) is 6.07 Å². The van der Waals surface area contributed by atoms with Crippen LogP contribution in [0.1, 0.15) is 11.5 Å². The molecular weight excluding hydrogens is 188 g/mol. The lowest BCUT2D eigenvalue weighted by Gasteiger charge is -2.00. The molecule has 0 aliphatic carbocycles. The fraction of sp³-hybridized carbons (Fsp3) is 0.0909. The number of hydrogen-bond acceptors (Lipinski definition) is 4. The zero-order valence-corrected chi connectivity index (χ0v) is 8.18. The van der Waals surface area contributed by atoms with Crippen LogP contribution in [0.5, 0.6) is 0 Å². The summed E-state index contributed by atoms with van der Waals surface area (Å²) >= 11 is 0. The fourth-order valence-electron chi connectivity index (χ4n) is 1.26. The first kappa shape index (κ1) is 9.28. The van der Waals surface area contributed by atoms with Gasteiger partial charge < -0.3 is 0 Å². The Kier molecular flexibility index (Phi) is 2.38. The van der Waals surface area contributed by atoms with Crippen LogP contribution in [0.25, 0.3) is 11.4 Å². The van der Waals surface area contributed by atoms with Gasteiger partial charge in [-0.25, -0.2) is 9.97 Å². The summed E-state index contributed by atoms with van der Waals surface area (Å²) in [6, 6.07) is 9.30. The molecule has 0 aliphatic heterocycles. The molecule has 0 fully saturated rings. The van der Waals surface area contributed by atoms with Crippen molar-refractivity contribution in [2.45, 2.75) is 6.92 Å². The average Bonchev–Trinajstić information content (AvgIpc) is 2.29. The van der Waals surface area contributed by atoms with E-state index in [0.29, 0.717) is 5.69 Å². The van der Waals surface area contributed by atoms with Crippen molar-refractivity contribution in [3.8, 4) is 17.5 Å². The number of rotatable bonds is 1. The van der Waals surface area contributed by atoms with E-state index in [9.17, 15) is 0 Å². The van der Waals surface area contributed by atoms with E-state index in [2.05, 4.69) is 15.0 Å². The molecule has 0 radical (unpaired) electrons. The second-order valence-electron chi connectivity index (χ2n) is 3.04. The second-order valence-corrected chi connectivity index (χ2v) is 3.04. The number of hydrogen-bond donors (Lipinski definition) is 0. The van der Waals surface area contributed by atoms with Crippen LogP contribution in [0.4, 0.5) is 0 Å². The van der Waals surface area contributed by atoms with Crippen LogP contribution in [-0.2, 0) is 0 Å². The van der Waals surface area contributed by atoms with Crippen molar-refractivity contribution in [1.29, 1.82) is 5.26 Å². The summed E-state index contributed by atoms with van der Waals surface area (Å²) in [5.41, 5.74) is 2.20. The van der Waals surface area contributed by atoms with E-state index in [1.165, 1.54) is 0 Å². The van der Waals surface area contributed by atoms with Gasteiger partial charge in [0.15, 0.2) is 0 Å². The molecule has 0 atom stereocenters. The van der Waals surface area contributed by atoms with Crippen molar-refractivity contribution in [1.82, 2.24) is 15.0 Å². The van der Waals surface area contributed by atoms with Crippen molar-refractivity contribution >= 4 is 0 Å². The highest BCUT2D eigenvalue weighted by molar-refractivity contribution is 5.54. The summed E-state index contributed by atoms with van der Waals surface area (Å²) in [5, 5.41) is 8.74. The van der Waals surface area contributed by atoms with E-state index in [-0.39, 0.29) is 5.82 Å². The molecule has 4 nitrogen and oxygen atoms in total. The minimum absolute atomic E-state index is 0.177. The highest BCUT2D eigenvalue weighted by atomic mass is 14.9. The summed E-state index contributed by atoms with van der Waals surface area (Å²) < 4.78 is 0. The van der Waals surface area contributed by atoms with Crippen LogP contribution in [0.3, 0.4) is 0 Å². The van der Waals surface area contributed by atoms with Crippen LogP contribution < -0.4 is 0 Å². The first-order chi connectivity index (χ1) is 7.29. The van der Waals surface area contributed by atoms with Crippen molar-refractivity contribution in [3.05, 3.63) is 42.0 Å². The number of aromatic nitrogens is 3. The SMILES string of the molecule is Cc1cc(-c2ccccn2)nc(C#N)n1. The Morgan fingerprint density at radius 1 is 1.20 bits per heavy atom. The first-order valence-electron chi connectivity index (χ1n) is 4.47. The van der Waals surface area contributed by atoms with Gasteiger partial charge in [0.2, 0.25) is 5.82 Å². The van der Waals surface area contributed by atoms with E-state index in [1.807, 2.05) is 37.3 Å². The Morgan fingerprint density at radius 2 is 2.07 bits per heavy atom. The molecule has 15 heavy (non-hydrogen) atoms. The Labute approximate surface area is 87.3 Å². The molecule has 4 heteroatoms. The van der Waals surface area contributed by atoms with Crippen LogP contribution in [0, 0.1) is 18.3 Å². The third kappa shape index (κ3) is 1.97. The molecule has 2 rings (SSSR count). The van der Waals surface area contributed by atoms with Crippen molar-refractivity contribution in [2.24, 2.45) is 0 Å². The third-order valence-corrected chi connectivity index (χ3v) is 1.88. The third-order valence-electron chi connectivity index (χ3n) is 1.88. The van der Waals surface area contributed by atoms with Gasteiger partial charge in [-0.2, -0.15) is 5.26 Å². The first-order valence-corrected chi connectivity index (χ1v) is 4.47. The molecule has 0 aliphatic rings. The van der Waals surface area contributed by atoms with E-state index < -0.39 is 0 Å². The van der Waals surface area contributed by atoms with Crippen LogP contribution in [-0.4, -0.2) is 15.0 Å². The van der Waals surface area contributed by atoms with Gasteiger partial charge >= 0.3 is 0 Å². The topological polar surface area (TPSA) is 62.5 Å². The Bertz CT molecular complexity index is 514. The minimum atomic E-state index is 0.177. The lowest BCUT2D eigenvalue weighted by Crippen LogP contribution is -1.95. The molecule has 0 saturated carbocycles.